The van der Waals surface area contributed by atoms with E-state index >= 15 is 0 Å². The van der Waals surface area contributed by atoms with E-state index in [9.17, 15) is 0 Å². The van der Waals surface area contributed by atoms with E-state index in [1.165, 1.54) is 25.7 Å². The van der Waals surface area contributed by atoms with E-state index in [2.05, 4.69) is 12.2 Å². The van der Waals surface area contributed by atoms with Gasteiger partial charge in [-0.1, -0.05) is 0 Å². The molecule has 3 N–H and O–H groups in total. The van der Waals surface area contributed by atoms with Gasteiger partial charge in [0.2, 0.25) is 0 Å². The Morgan fingerprint density at radius 2 is 2.14 bits per heavy atom. The lowest BCUT2D eigenvalue weighted by Crippen LogP contribution is -2.51. The summed E-state index contributed by atoms with van der Waals surface area (Å²) in [7, 11) is 0. The molecular weight excluding hydrogens is 176 g/mol. The van der Waals surface area contributed by atoms with E-state index < -0.39 is 0 Å². The van der Waals surface area contributed by atoms with Crippen molar-refractivity contribution >= 4 is 0 Å². The highest BCUT2D eigenvalue weighted by atomic mass is 16.5. The van der Waals surface area contributed by atoms with Gasteiger partial charge in [0.05, 0.1) is 6.61 Å². The van der Waals surface area contributed by atoms with Gasteiger partial charge in [0.15, 0.2) is 0 Å². The first kappa shape index (κ1) is 10.4. The van der Waals surface area contributed by atoms with Gasteiger partial charge < -0.3 is 15.8 Å². The number of ether oxygens (including phenoxy) is 1. The molecule has 1 saturated carbocycles. The third-order valence-corrected chi connectivity index (χ3v) is 3.72. The molecule has 0 spiro atoms. The third-order valence-electron chi connectivity index (χ3n) is 3.72. The number of nitrogens with two attached hydrogens (primary N) is 1. The SMILES string of the molecule is CC1(NCC2(CN)CC2)CCCOC1. The zero-order chi connectivity index (χ0) is 10.1. The van der Waals surface area contributed by atoms with Crippen LogP contribution in [0.5, 0.6) is 0 Å². The summed E-state index contributed by atoms with van der Waals surface area (Å²) in [6.45, 7) is 5.95. The van der Waals surface area contributed by atoms with Crippen LogP contribution in [0.4, 0.5) is 0 Å². The molecule has 0 aromatic rings. The maximum atomic E-state index is 5.76. The van der Waals surface area contributed by atoms with Gasteiger partial charge in [0.25, 0.3) is 0 Å². The van der Waals surface area contributed by atoms with E-state index in [-0.39, 0.29) is 5.54 Å². The molecule has 1 unspecified atom stereocenters. The molecule has 2 aliphatic rings. The average Bonchev–Trinajstić information content (AvgIpc) is 2.97. The van der Waals surface area contributed by atoms with Gasteiger partial charge in [-0.05, 0) is 44.6 Å². The molecule has 1 saturated heterocycles. The van der Waals surface area contributed by atoms with E-state index in [0.717, 1.165) is 26.3 Å². The van der Waals surface area contributed by atoms with E-state index in [1.54, 1.807) is 0 Å². The molecule has 0 aromatic heterocycles. The van der Waals surface area contributed by atoms with Crippen molar-refractivity contribution in [1.29, 1.82) is 0 Å². The van der Waals surface area contributed by atoms with Gasteiger partial charge in [0, 0.05) is 18.7 Å². The lowest BCUT2D eigenvalue weighted by atomic mass is 9.93. The zero-order valence-electron chi connectivity index (χ0n) is 9.14. The normalized spacial score (nSPS) is 35.6. The van der Waals surface area contributed by atoms with Gasteiger partial charge in [0.1, 0.15) is 0 Å². The van der Waals surface area contributed by atoms with Crippen LogP contribution in [0.25, 0.3) is 0 Å². The van der Waals surface area contributed by atoms with Crippen molar-refractivity contribution in [3.63, 3.8) is 0 Å². The topological polar surface area (TPSA) is 47.3 Å². The summed E-state index contributed by atoms with van der Waals surface area (Å²) >= 11 is 0. The van der Waals surface area contributed by atoms with E-state index in [4.69, 9.17) is 10.5 Å². The summed E-state index contributed by atoms with van der Waals surface area (Å²) in [5, 5.41) is 3.65. The number of rotatable bonds is 4. The van der Waals surface area contributed by atoms with Gasteiger partial charge in [-0.3, -0.25) is 0 Å². The van der Waals surface area contributed by atoms with Crippen molar-refractivity contribution in [2.75, 3.05) is 26.3 Å². The standard InChI is InChI=1S/C11H22N2O/c1-10(3-2-6-14-9-10)13-8-11(7-12)4-5-11/h13H,2-9,12H2,1H3. The molecule has 2 rings (SSSR count). The van der Waals surface area contributed by atoms with E-state index in [0.29, 0.717) is 5.41 Å². The molecule has 2 fully saturated rings. The van der Waals surface area contributed by atoms with Crippen molar-refractivity contribution < 1.29 is 4.74 Å². The monoisotopic (exact) mass is 198 g/mol. The molecule has 1 aliphatic carbocycles. The van der Waals surface area contributed by atoms with Crippen LogP contribution in [0.3, 0.4) is 0 Å². The first-order chi connectivity index (χ1) is 6.68. The Hall–Kier alpha value is -0.120. The molecule has 3 heteroatoms. The highest BCUT2D eigenvalue weighted by Gasteiger charge is 2.42. The van der Waals surface area contributed by atoms with E-state index in [1.807, 2.05) is 0 Å². The lowest BCUT2D eigenvalue weighted by Gasteiger charge is -2.35. The quantitative estimate of drug-likeness (QED) is 0.705. The van der Waals surface area contributed by atoms with Gasteiger partial charge in [-0.25, -0.2) is 0 Å². The second kappa shape index (κ2) is 3.80. The van der Waals surface area contributed by atoms with Crippen LogP contribution in [0, 0.1) is 5.41 Å². The summed E-state index contributed by atoms with van der Waals surface area (Å²) in [6.07, 6.45) is 5.01. The molecule has 0 amide bonds. The molecule has 1 aliphatic heterocycles. The highest BCUT2D eigenvalue weighted by Crippen LogP contribution is 2.44. The molecule has 0 radical (unpaired) electrons. The van der Waals surface area contributed by atoms with Crippen LogP contribution in [-0.4, -0.2) is 31.8 Å². The van der Waals surface area contributed by atoms with Crippen LogP contribution >= 0.6 is 0 Å². The van der Waals surface area contributed by atoms with Crippen molar-refractivity contribution in [1.82, 2.24) is 5.32 Å². The van der Waals surface area contributed by atoms with Crippen molar-refractivity contribution in [3.8, 4) is 0 Å². The average molecular weight is 198 g/mol. The minimum atomic E-state index is 0.197. The molecule has 3 nitrogen and oxygen atoms in total. The fourth-order valence-corrected chi connectivity index (χ4v) is 2.10. The summed E-state index contributed by atoms with van der Waals surface area (Å²) in [6, 6.07) is 0. The molecule has 0 bridgehead atoms. The van der Waals surface area contributed by atoms with Crippen LogP contribution < -0.4 is 11.1 Å². The Morgan fingerprint density at radius 3 is 2.64 bits per heavy atom. The first-order valence-corrected chi connectivity index (χ1v) is 5.71. The van der Waals surface area contributed by atoms with Crippen molar-refractivity contribution in [2.24, 2.45) is 11.1 Å². The minimum absolute atomic E-state index is 0.197. The van der Waals surface area contributed by atoms with Crippen molar-refractivity contribution in [3.05, 3.63) is 0 Å². The van der Waals surface area contributed by atoms with Gasteiger partial charge in [-0.15, -0.1) is 0 Å². The summed E-state index contributed by atoms with van der Waals surface area (Å²) in [4.78, 5) is 0. The minimum Gasteiger partial charge on any atom is -0.380 e. The zero-order valence-corrected chi connectivity index (χ0v) is 9.14. The van der Waals surface area contributed by atoms with Gasteiger partial charge in [-0.2, -0.15) is 0 Å². The first-order valence-electron chi connectivity index (χ1n) is 5.71. The molecule has 82 valence electrons. The predicted molar refractivity (Wildman–Crippen MR) is 57.2 cm³/mol. The lowest BCUT2D eigenvalue weighted by molar-refractivity contribution is 0.0264. The Labute approximate surface area is 86.4 Å². The molecule has 1 heterocycles. The molecule has 14 heavy (non-hydrogen) atoms. The molecule has 1 atom stereocenters. The molecule has 0 aromatic carbocycles. The smallest absolute Gasteiger partial charge is 0.0645 e. The van der Waals surface area contributed by atoms with Crippen LogP contribution in [0.1, 0.15) is 32.6 Å². The summed E-state index contributed by atoms with van der Waals surface area (Å²) < 4.78 is 5.51. The fourth-order valence-electron chi connectivity index (χ4n) is 2.10. The van der Waals surface area contributed by atoms with Crippen LogP contribution in [0.15, 0.2) is 0 Å². The second-order valence-corrected chi connectivity index (χ2v) is 5.27. The number of hydrogen-bond donors (Lipinski definition) is 2. The number of hydrogen-bond acceptors (Lipinski definition) is 3. The third kappa shape index (κ3) is 2.27. The number of nitrogens with one attached hydrogen (secondary N) is 1. The summed E-state index contributed by atoms with van der Waals surface area (Å²) in [5.74, 6) is 0. The maximum Gasteiger partial charge on any atom is 0.0645 e. The fraction of sp³-hybridized carbons (Fsp3) is 1.00. The Bertz CT molecular complexity index is 195. The Kier molecular flexibility index (Phi) is 2.82. The van der Waals surface area contributed by atoms with Gasteiger partial charge >= 0.3 is 0 Å². The molecular formula is C11H22N2O. The van der Waals surface area contributed by atoms with Crippen LogP contribution in [-0.2, 0) is 4.74 Å². The van der Waals surface area contributed by atoms with Crippen molar-refractivity contribution in [2.45, 2.75) is 38.1 Å². The largest absolute Gasteiger partial charge is 0.380 e. The second-order valence-electron chi connectivity index (χ2n) is 5.27. The Balaban J connectivity index is 1.78. The highest BCUT2D eigenvalue weighted by molar-refractivity contribution is 4.98. The predicted octanol–water partition coefficient (Wildman–Crippen LogP) is 0.884. The maximum absolute atomic E-state index is 5.76. The summed E-state index contributed by atoms with van der Waals surface area (Å²) in [5.41, 5.74) is 6.38. The van der Waals surface area contributed by atoms with Crippen LogP contribution in [0.2, 0.25) is 0 Å². The Morgan fingerprint density at radius 1 is 1.36 bits per heavy atom.